The smallest absolute Gasteiger partial charge is 0.254 e. The molecular weight excluding hydrogens is 536 g/mol. The third-order valence-electron chi connectivity index (χ3n) is 8.36. The number of hydrazone groups is 1. The highest BCUT2D eigenvalue weighted by Crippen LogP contribution is 2.61. The van der Waals surface area contributed by atoms with Crippen molar-refractivity contribution in [3.05, 3.63) is 129 Å². The van der Waals surface area contributed by atoms with Crippen molar-refractivity contribution < 1.29 is 19.1 Å². The maximum atomic E-state index is 13.8. The highest BCUT2D eigenvalue weighted by Gasteiger charge is 2.61. The normalized spacial score (nSPS) is 22.0. The average Bonchev–Trinajstić information content (AvgIpc) is 3.26. The first kappa shape index (κ1) is 25.5. The molecule has 2 atom stereocenters. The number of imide groups is 1. The van der Waals surface area contributed by atoms with Gasteiger partial charge in [0.25, 0.3) is 11.8 Å². The van der Waals surface area contributed by atoms with Crippen LogP contribution < -0.4 is 9.47 Å². The minimum atomic E-state index is -0.464. The van der Waals surface area contributed by atoms with Crippen LogP contribution in [0.25, 0.3) is 0 Å². The van der Waals surface area contributed by atoms with E-state index in [1.54, 1.807) is 12.1 Å². The third-order valence-corrected chi connectivity index (χ3v) is 8.72. The van der Waals surface area contributed by atoms with Crippen LogP contribution in [-0.2, 0) is 16.2 Å². The van der Waals surface area contributed by atoms with Crippen LogP contribution in [0.2, 0.25) is 5.02 Å². The molecule has 3 aliphatic carbocycles. The van der Waals surface area contributed by atoms with E-state index in [0.29, 0.717) is 35.3 Å². The fourth-order valence-electron chi connectivity index (χ4n) is 6.66. The predicted molar refractivity (Wildman–Crippen MR) is 156 cm³/mol. The van der Waals surface area contributed by atoms with Crippen LogP contribution in [0.15, 0.2) is 96.1 Å². The zero-order valence-corrected chi connectivity index (χ0v) is 23.1. The van der Waals surface area contributed by atoms with Crippen molar-refractivity contribution in [2.75, 3.05) is 6.61 Å². The van der Waals surface area contributed by atoms with Crippen molar-refractivity contribution in [1.82, 2.24) is 5.01 Å². The topological polar surface area (TPSA) is 68.2 Å². The predicted octanol–water partition coefficient (Wildman–Crippen LogP) is 6.54. The summed E-state index contributed by atoms with van der Waals surface area (Å²) in [4.78, 5) is 27.6. The van der Waals surface area contributed by atoms with Crippen LogP contribution in [0, 0.1) is 11.8 Å². The molecule has 0 radical (unpaired) electrons. The number of carbonyl (C=O) groups is 2. The molecule has 0 unspecified atom stereocenters. The lowest BCUT2D eigenvalue weighted by Gasteiger charge is -2.45. The number of hydrogen-bond acceptors (Lipinski definition) is 5. The molecule has 0 saturated carbocycles. The van der Waals surface area contributed by atoms with Gasteiger partial charge in [0, 0.05) is 22.4 Å². The maximum absolute atomic E-state index is 13.8. The zero-order chi connectivity index (χ0) is 28.1. The number of benzene rings is 4. The lowest BCUT2D eigenvalue weighted by atomic mass is 9.55. The molecule has 7 heteroatoms. The molecule has 1 saturated heterocycles. The number of ether oxygens (including phenoxy) is 2. The summed E-state index contributed by atoms with van der Waals surface area (Å²) in [5, 5.41) is 6.15. The quantitative estimate of drug-likeness (QED) is 0.189. The fourth-order valence-corrected chi connectivity index (χ4v) is 6.85. The van der Waals surface area contributed by atoms with Gasteiger partial charge in [-0.3, -0.25) is 9.59 Å². The standard InChI is InChI=1S/C34H27ClN2O4/c1-2-40-28-17-20(15-16-27(28)41-19-21-9-3-8-14-26(21)35)18-36-37-33(38)31-29-22-10-4-5-11-23(22)30(32(31)34(37)39)25-13-7-6-12-24(25)29/h3-18,29-32H,2,19H2,1H3/b36-18-/t29?,30?,31-,32-/m1/s1. The lowest BCUT2D eigenvalue weighted by Crippen LogP contribution is -2.41. The molecule has 1 fully saturated rings. The minimum Gasteiger partial charge on any atom is -0.490 e. The van der Waals surface area contributed by atoms with Crippen molar-refractivity contribution in [2.24, 2.45) is 16.9 Å². The number of hydrogen-bond donors (Lipinski definition) is 0. The van der Waals surface area contributed by atoms with Crippen LogP contribution in [0.4, 0.5) is 0 Å². The van der Waals surface area contributed by atoms with Crippen molar-refractivity contribution in [3.8, 4) is 11.5 Å². The molecule has 4 aromatic carbocycles. The molecule has 1 aliphatic heterocycles. The summed E-state index contributed by atoms with van der Waals surface area (Å²) in [5.74, 6) is -0.639. The van der Waals surface area contributed by atoms with Gasteiger partial charge >= 0.3 is 0 Å². The Morgan fingerprint density at radius 1 is 0.756 bits per heavy atom. The molecule has 204 valence electrons. The van der Waals surface area contributed by atoms with E-state index in [9.17, 15) is 9.59 Å². The Morgan fingerprint density at radius 3 is 1.88 bits per heavy atom. The number of nitrogens with zero attached hydrogens (tertiary/aromatic N) is 2. The number of carbonyl (C=O) groups excluding carboxylic acids is 2. The van der Waals surface area contributed by atoms with Gasteiger partial charge in [-0.1, -0.05) is 78.3 Å². The summed E-state index contributed by atoms with van der Waals surface area (Å²) < 4.78 is 11.8. The molecule has 4 aliphatic rings. The van der Waals surface area contributed by atoms with Gasteiger partial charge in [-0.15, -0.1) is 0 Å². The number of halogens is 1. The largest absolute Gasteiger partial charge is 0.490 e. The third kappa shape index (κ3) is 4.13. The van der Waals surface area contributed by atoms with E-state index >= 15 is 0 Å². The van der Waals surface area contributed by atoms with Gasteiger partial charge in [0.1, 0.15) is 6.61 Å². The molecule has 4 aromatic rings. The monoisotopic (exact) mass is 562 g/mol. The zero-order valence-electron chi connectivity index (χ0n) is 22.4. The van der Waals surface area contributed by atoms with E-state index in [-0.39, 0.29) is 23.7 Å². The van der Waals surface area contributed by atoms with Gasteiger partial charge in [-0.05, 0) is 59.0 Å². The van der Waals surface area contributed by atoms with Gasteiger partial charge in [-0.2, -0.15) is 10.1 Å². The van der Waals surface area contributed by atoms with Gasteiger partial charge in [0.05, 0.1) is 24.7 Å². The SMILES string of the molecule is CCOc1cc(/C=N\N2C(=O)[C@@H]3C4c5ccccc5C(c5ccccc54)[C@H]3C2=O)ccc1OCc1ccccc1Cl. The Bertz CT molecular complexity index is 1600. The van der Waals surface area contributed by atoms with E-state index in [4.69, 9.17) is 21.1 Å². The Balaban J connectivity index is 1.16. The van der Waals surface area contributed by atoms with Gasteiger partial charge in [0.2, 0.25) is 0 Å². The van der Waals surface area contributed by atoms with E-state index in [1.807, 2.05) is 61.5 Å². The summed E-state index contributed by atoms with van der Waals surface area (Å²) in [6, 6.07) is 29.3. The molecule has 6 nitrogen and oxygen atoms in total. The second-order valence-electron chi connectivity index (χ2n) is 10.5. The summed E-state index contributed by atoms with van der Waals surface area (Å²) in [6.45, 7) is 2.63. The van der Waals surface area contributed by atoms with E-state index in [0.717, 1.165) is 32.8 Å². The molecule has 0 N–H and O–H groups in total. The van der Waals surface area contributed by atoms with E-state index < -0.39 is 11.8 Å². The van der Waals surface area contributed by atoms with E-state index in [2.05, 4.69) is 29.4 Å². The molecule has 0 spiro atoms. The molecule has 0 aromatic heterocycles. The summed E-state index contributed by atoms with van der Waals surface area (Å²) in [6.07, 6.45) is 1.54. The fraction of sp³-hybridized carbons (Fsp3) is 0.206. The first-order valence-electron chi connectivity index (χ1n) is 13.8. The van der Waals surface area contributed by atoms with Gasteiger partial charge in [0.15, 0.2) is 11.5 Å². The molecular formula is C34H27ClN2O4. The van der Waals surface area contributed by atoms with Crippen LogP contribution in [-0.4, -0.2) is 29.6 Å². The highest BCUT2D eigenvalue weighted by atomic mass is 35.5. The Hall–Kier alpha value is -4.42. The first-order valence-corrected chi connectivity index (χ1v) is 14.2. The Kier molecular flexibility index (Phi) is 6.36. The van der Waals surface area contributed by atoms with Crippen LogP contribution in [0.3, 0.4) is 0 Å². The first-order chi connectivity index (χ1) is 20.1. The van der Waals surface area contributed by atoms with Gasteiger partial charge in [-0.25, -0.2) is 0 Å². The van der Waals surface area contributed by atoms with Crippen LogP contribution >= 0.6 is 11.6 Å². The van der Waals surface area contributed by atoms with Gasteiger partial charge < -0.3 is 9.47 Å². The van der Waals surface area contributed by atoms with Crippen LogP contribution in [0.5, 0.6) is 11.5 Å². The summed E-state index contributed by atoms with van der Waals surface area (Å²) in [7, 11) is 0. The molecule has 2 amide bonds. The Morgan fingerprint density at radius 2 is 1.32 bits per heavy atom. The van der Waals surface area contributed by atoms with Crippen molar-refractivity contribution in [2.45, 2.75) is 25.4 Å². The van der Waals surface area contributed by atoms with Crippen molar-refractivity contribution in [1.29, 1.82) is 0 Å². The molecule has 41 heavy (non-hydrogen) atoms. The number of amides is 2. The van der Waals surface area contributed by atoms with Crippen LogP contribution in [0.1, 0.15) is 52.1 Å². The van der Waals surface area contributed by atoms with Crippen molar-refractivity contribution in [3.63, 3.8) is 0 Å². The summed E-state index contributed by atoms with van der Waals surface area (Å²) in [5.41, 5.74) is 6.10. The second-order valence-corrected chi connectivity index (χ2v) is 10.9. The Labute approximate surface area is 243 Å². The van der Waals surface area contributed by atoms with E-state index in [1.165, 1.54) is 6.21 Å². The minimum absolute atomic E-state index is 0.159. The second kappa shape index (κ2) is 10.2. The molecule has 1 heterocycles. The molecule has 2 bridgehead atoms. The number of rotatable bonds is 7. The van der Waals surface area contributed by atoms with Crippen molar-refractivity contribution >= 4 is 29.6 Å². The average molecular weight is 563 g/mol. The summed E-state index contributed by atoms with van der Waals surface area (Å²) >= 11 is 6.28. The maximum Gasteiger partial charge on any atom is 0.254 e. The highest BCUT2D eigenvalue weighted by molar-refractivity contribution is 6.31. The lowest BCUT2D eigenvalue weighted by molar-refractivity contribution is -0.139. The molecule has 8 rings (SSSR count).